The number of carbonyl (C=O) groups excluding carboxylic acids is 1. The number of unbranched alkanes of at least 4 members (excludes halogenated alkanes) is 21. The summed E-state index contributed by atoms with van der Waals surface area (Å²) in [6, 6.07) is 0.601. The molecule has 3 unspecified atom stereocenters. The molecule has 286 valence electrons. The zero-order valence-electron chi connectivity index (χ0n) is 33.9. The highest BCUT2D eigenvalue weighted by Crippen LogP contribution is 2.31. The molecule has 0 aromatic heterocycles. The van der Waals surface area contributed by atoms with E-state index in [1.165, 1.54) is 186 Å². The normalized spacial score (nSPS) is 17.7. The summed E-state index contributed by atoms with van der Waals surface area (Å²) in [6.07, 6.45) is 57.2. The lowest BCUT2D eigenvalue weighted by atomic mass is 9.79. The molecular formula is C47H87NO. The minimum atomic E-state index is 0.319. The van der Waals surface area contributed by atoms with Gasteiger partial charge >= 0.3 is 0 Å². The predicted octanol–water partition coefficient (Wildman–Crippen LogP) is 15.3. The molecule has 2 nitrogen and oxygen atoms in total. The second-order valence-corrected chi connectivity index (χ2v) is 16.1. The van der Waals surface area contributed by atoms with Gasteiger partial charge in [-0.3, -0.25) is 4.79 Å². The van der Waals surface area contributed by atoms with E-state index in [1.54, 1.807) is 0 Å². The van der Waals surface area contributed by atoms with Crippen LogP contribution in [0.2, 0.25) is 0 Å². The number of hydrogen-bond donors (Lipinski definition) is 0. The van der Waals surface area contributed by atoms with Crippen LogP contribution in [0.25, 0.3) is 0 Å². The predicted molar refractivity (Wildman–Crippen MR) is 221 cm³/mol. The van der Waals surface area contributed by atoms with Gasteiger partial charge in [0, 0.05) is 18.4 Å². The zero-order chi connectivity index (χ0) is 35.5. The molecule has 1 aliphatic rings. The van der Waals surface area contributed by atoms with Gasteiger partial charge in [-0.15, -0.1) is 0 Å². The fraction of sp³-hybridized carbons (Fsp3) is 0.851. The average Bonchev–Trinajstić information content (AvgIpc) is 3.11. The fourth-order valence-electron chi connectivity index (χ4n) is 7.83. The van der Waals surface area contributed by atoms with E-state index in [0.29, 0.717) is 23.7 Å². The Morgan fingerprint density at radius 2 is 0.959 bits per heavy atom. The first kappa shape index (κ1) is 45.9. The van der Waals surface area contributed by atoms with E-state index in [0.717, 1.165) is 25.7 Å². The summed E-state index contributed by atoms with van der Waals surface area (Å²) in [7, 11) is 4.39. The van der Waals surface area contributed by atoms with Crippen molar-refractivity contribution in [1.82, 2.24) is 4.90 Å². The molecule has 1 fully saturated rings. The maximum absolute atomic E-state index is 13.5. The third kappa shape index (κ3) is 29.2. The number of ketones is 1. The molecule has 1 aliphatic carbocycles. The number of Topliss-reactive ketones (excluding diaryl/α,β-unsaturated/α-hetero) is 1. The van der Waals surface area contributed by atoms with Crippen LogP contribution < -0.4 is 0 Å². The van der Waals surface area contributed by atoms with Crippen molar-refractivity contribution in [1.29, 1.82) is 0 Å². The summed E-state index contributed by atoms with van der Waals surface area (Å²) < 4.78 is 0. The van der Waals surface area contributed by atoms with Crippen LogP contribution in [0.1, 0.15) is 226 Å². The molecular weight excluding hydrogens is 595 g/mol. The Balaban J connectivity index is 2.23. The summed E-state index contributed by atoms with van der Waals surface area (Å²) in [5.41, 5.74) is 0. The van der Waals surface area contributed by atoms with Gasteiger partial charge in [0.05, 0.1) is 0 Å². The van der Waals surface area contributed by atoms with Crippen LogP contribution in [-0.4, -0.2) is 30.8 Å². The first-order chi connectivity index (χ1) is 24.1. The number of rotatable bonds is 35. The standard InChI is InChI=1S/C47H87NO/c1-5-7-9-11-13-15-17-19-21-23-25-27-29-31-33-35-38-44(42-47(49)45-40-37-41-46(43-45)48(3)4)39-36-34-32-30-28-26-24-22-20-18-16-14-12-10-8-6-2/h13,15,19-22,44-46H,5-12,14,16-18,23-43H2,1-4H3. The third-order valence-electron chi connectivity index (χ3n) is 11.3. The molecule has 0 spiro atoms. The van der Waals surface area contributed by atoms with Crippen LogP contribution in [0.4, 0.5) is 0 Å². The Labute approximate surface area is 308 Å². The molecule has 0 heterocycles. The van der Waals surface area contributed by atoms with E-state index in [-0.39, 0.29) is 0 Å². The van der Waals surface area contributed by atoms with Crippen LogP contribution in [0.3, 0.4) is 0 Å². The smallest absolute Gasteiger partial charge is 0.136 e. The Hall–Kier alpha value is -1.15. The molecule has 1 rings (SSSR count). The monoisotopic (exact) mass is 682 g/mol. The Bertz CT molecular complexity index is 794. The molecule has 49 heavy (non-hydrogen) atoms. The van der Waals surface area contributed by atoms with Crippen molar-refractivity contribution in [3.8, 4) is 0 Å². The number of nitrogens with zero attached hydrogens (tertiary/aromatic N) is 1. The van der Waals surface area contributed by atoms with Crippen molar-refractivity contribution >= 4 is 5.78 Å². The van der Waals surface area contributed by atoms with E-state index < -0.39 is 0 Å². The number of hydrogen-bond acceptors (Lipinski definition) is 2. The van der Waals surface area contributed by atoms with Gasteiger partial charge in [-0.25, -0.2) is 0 Å². The first-order valence-corrected chi connectivity index (χ1v) is 22.2. The maximum atomic E-state index is 13.5. The van der Waals surface area contributed by atoms with E-state index in [2.05, 4.69) is 69.3 Å². The molecule has 0 amide bonds. The summed E-state index contributed by atoms with van der Waals surface area (Å²) in [5.74, 6) is 1.54. The largest absolute Gasteiger partial charge is 0.306 e. The molecule has 0 N–H and O–H groups in total. The molecule has 0 aromatic rings. The van der Waals surface area contributed by atoms with Gasteiger partial charge in [0.1, 0.15) is 5.78 Å². The van der Waals surface area contributed by atoms with Crippen molar-refractivity contribution in [3.05, 3.63) is 36.5 Å². The lowest BCUT2D eigenvalue weighted by molar-refractivity contribution is -0.125. The Morgan fingerprint density at radius 1 is 0.551 bits per heavy atom. The van der Waals surface area contributed by atoms with Gasteiger partial charge in [0.15, 0.2) is 0 Å². The molecule has 0 radical (unpaired) electrons. The van der Waals surface area contributed by atoms with Crippen LogP contribution in [0.15, 0.2) is 36.5 Å². The number of carbonyl (C=O) groups is 1. The van der Waals surface area contributed by atoms with E-state index >= 15 is 0 Å². The van der Waals surface area contributed by atoms with Crippen molar-refractivity contribution in [2.24, 2.45) is 11.8 Å². The van der Waals surface area contributed by atoms with E-state index in [1.807, 2.05) is 0 Å². The molecule has 0 aliphatic heterocycles. The zero-order valence-corrected chi connectivity index (χ0v) is 33.9. The van der Waals surface area contributed by atoms with Crippen LogP contribution >= 0.6 is 0 Å². The molecule has 0 aromatic carbocycles. The van der Waals surface area contributed by atoms with Gasteiger partial charge in [-0.2, -0.15) is 0 Å². The van der Waals surface area contributed by atoms with Crippen molar-refractivity contribution in [2.75, 3.05) is 14.1 Å². The molecule has 2 heteroatoms. The van der Waals surface area contributed by atoms with Gasteiger partial charge in [0.25, 0.3) is 0 Å². The summed E-state index contributed by atoms with van der Waals surface area (Å²) in [4.78, 5) is 15.8. The van der Waals surface area contributed by atoms with Gasteiger partial charge < -0.3 is 4.90 Å². The SMILES string of the molecule is CCCCCC=CCC=CCCCCCCCCC(CCCCCCCCC=CCCCCCCCC)CC(=O)C1CCCC(N(C)C)C1. The summed E-state index contributed by atoms with van der Waals surface area (Å²) in [5, 5.41) is 0. The second-order valence-electron chi connectivity index (χ2n) is 16.1. The minimum Gasteiger partial charge on any atom is -0.306 e. The highest BCUT2D eigenvalue weighted by atomic mass is 16.1. The summed E-state index contributed by atoms with van der Waals surface area (Å²) >= 11 is 0. The molecule has 1 saturated carbocycles. The highest BCUT2D eigenvalue weighted by molar-refractivity contribution is 5.81. The third-order valence-corrected chi connectivity index (χ3v) is 11.3. The van der Waals surface area contributed by atoms with Crippen molar-refractivity contribution < 1.29 is 4.79 Å². The molecule has 0 bridgehead atoms. The molecule has 0 saturated heterocycles. The molecule has 3 atom stereocenters. The van der Waals surface area contributed by atoms with E-state index in [9.17, 15) is 4.79 Å². The first-order valence-electron chi connectivity index (χ1n) is 22.2. The maximum Gasteiger partial charge on any atom is 0.136 e. The second kappa shape index (κ2) is 35.3. The Morgan fingerprint density at radius 3 is 1.45 bits per heavy atom. The van der Waals surface area contributed by atoms with Crippen molar-refractivity contribution in [2.45, 2.75) is 232 Å². The van der Waals surface area contributed by atoms with Crippen LogP contribution in [-0.2, 0) is 4.79 Å². The van der Waals surface area contributed by atoms with Crippen LogP contribution in [0.5, 0.6) is 0 Å². The fourth-order valence-corrected chi connectivity index (χ4v) is 7.83. The van der Waals surface area contributed by atoms with Gasteiger partial charge in [0.2, 0.25) is 0 Å². The minimum absolute atomic E-state index is 0.319. The lowest BCUT2D eigenvalue weighted by Gasteiger charge is -2.33. The quantitative estimate of drug-likeness (QED) is 0.0490. The van der Waals surface area contributed by atoms with Crippen molar-refractivity contribution in [3.63, 3.8) is 0 Å². The van der Waals surface area contributed by atoms with Gasteiger partial charge in [-0.05, 0) is 97.1 Å². The number of allylic oxidation sites excluding steroid dienone is 6. The highest BCUT2D eigenvalue weighted by Gasteiger charge is 2.29. The van der Waals surface area contributed by atoms with Gasteiger partial charge in [-0.1, -0.05) is 179 Å². The lowest BCUT2D eigenvalue weighted by Crippen LogP contribution is -2.36. The topological polar surface area (TPSA) is 20.3 Å². The Kier molecular flexibility index (Phi) is 33.0. The van der Waals surface area contributed by atoms with E-state index in [4.69, 9.17) is 0 Å². The average molecular weight is 682 g/mol. The van der Waals surface area contributed by atoms with Crippen LogP contribution in [0, 0.1) is 11.8 Å². The summed E-state index contributed by atoms with van der Waals surface area (Å²) in [6.45, 7) is 4.56.